The number of ether oxygens (including phenoxy) is 1. The Morgan fingerprint density at radius 3 is 2.42 bits per heavy atom. The molecule has 3 aromatic rings. The minimum absolute atomic E-state index is 0.0143. The molecule has 0 aliphatic rings. The molecule has 0 aliphatic carbocycles. The van der Waals surface area contributed by atoms with Crippen LogP contribution in [0.1, 0.15) is 35.5 Å². The van der Waals surface area contributed by atoms with Crippen molar-refractivity contribution in [2.45, 2.75) is 33.0 Å². The molecule has 0 radical (unpaired) electrons. The lowest BCUT2D eigenvalue weighted by atomic mass is 10.1. The van der Waals surface area contributed by atoms with Crippen LogP contribution in [0.4, 0.5) is 13.2 Å². The van der Waals surface area contributed by atoms with Crippen LogP contribution in [0.5, 0.6) is 6.01 Å². The molecule has 3 heterocycles. The van der Waals surface area contributed by atoms with Gasteiger partial charge in [0.05, 0.1) is 29.6 Å². The fourth-order valence-electron chi connectivity index (χ4n) is 2.82. The predicted molar refractivity (Wildman–Crippen MR) is 103 cm³/mol. The van der Waals surface area contributed by atoms with E-state index in [1.165, 1.54) is 17.2 Å². The molecule has 31 heavy (non-hydrogen) atoms. The van der Waals surface area contributed by atoms with Crippen LogP contribution in [0.3, 0.4) is 0 Å². The van der Waals surface area contributed by atoms with Crippen molar-refractivity contribution in [1.82, 2.24) is 34.8 Å². The average Bonchev–Trinajstić information content (AvgIpc) is 3.27. The van der Waals surface area contributed by atoms with Gasteiger partial charge in [0, 0.05) is 24.6 Å². The maximum Gasteiger partial charge on any atom is 0.419 e. The molecule has 3 rings (SSSR count). The molecule has 0 saturated heterocycles. The molecule has 0 aromatic carbocycles. The molecular weight excluding hydrogens is 415 g/mol. The second-order valence-electron chi connectivity index (χ2n) is 6.65. The second kappa shape index (κ2) is 9.06. The van der Waals surface area contributed by atoms with E-state index in [1.807, 2.05) is 0 Å². The molecule has 0 fully saturated rings. The van der Waals surface area contributed by atoms with Gasteiger partial charge >= 0.3 is 12.2 Å². The number of likely N-dealkylation sites (N-methyl/N-ethyl adjacent to an activating group) is 1. The number of aromatic nitrogens is 6. The first kappa shape index (κ1) is 22.1. The molecule has 164 valence electrons. The summed E-state index contributed by atoms with van der Waals surface area (Å²) in [5, 5.41) is 8.10. The van der Waals surface area contributed by atoms with Crippen molar-refractivity contribution in [3.05, 3.63) is 53.7 Å². The van der Waals surface area contributed by atoms with Gasteiger partial charge in [-0.25, -0.2) is 15.0 Å². The van der Waals surface area contributed by atoms with Gasteiger partial charge in [-0.3, -0.25) is 4.79 Å². The summed E-state index contributed by atoms with van der Waals surface area (Å²) in [6.45, 7) is 5.69. The van der Waals surface area contributed by atoms with Crippen molar-refractivity contribution in [2.75, 3.05) is 13.2 Å². The first-order chi connectivity index (χ1) is 14.7. The monoisotopic (exact) mass is 435 g/mol. The summed E-state index contributed by atoms with van der Waals surface area (Å²) in [4.78, 5) is 27.6. The quantitative estimate of drug-likeness (QED) is 0.563. The lowest BCUT2D eigenvalue weighted by Gasteiger charge is -2.28. The number of alkyl halides is 3. The third-order valence-corrected chi connectivity index (χ3v) is 4.40. The molecule has 0 spiro atoms. The summed E-state index contributed by atoms with van der Waals surface area (Å²) in [5.41, 5.74) is 0.0360. The Morgan fingerprint density at radius 1 is 1.19 bits per heavy atom. The van der Waals surface area contributed by atoms with Crippen LogP contribution in [0.25, 0.3) is 5.82 Å². The zero-order chi connectivity index (χ0) is 22.6. The van der Waals surface area contributed by atoms with Crippen LogP contribution in [-0.4, -0.2) is 59.9 Å². The van der Waals surface area contributed by atoms with E-state index < -0.39 is 17.8 Å². The fraction of sp³-hybridized carbons (Fsp3) is 0.368. The van der Waals surface area contributed by atoms with Crippen LogP contribution in [0, 0.1) is 6.92 Å². The van der Waals surface area contributed by atoms with Crippen molar-refractivity contribution in [3.63, 3.8) is 0 Å². The summed E-state index contributed by atoms with van der Waals surface area (Å²) in [6.07, 6.45) is -0.263. The van der Waals surface area contributed by atoms with Crippen LogP contribution in [-0.2, 0) is 6.18 Å². The van der Waals surface area contributed by atoms with Gasteiger partial charge in [-0.2, -0.15) is 23.4 Å². The van der Waals surface area contributed by atoms with Gasteiger partial charge in [0.15, 0.2) is 5.82 Å². The number of halogens is 3. The van der Waals surface area contributed by atoms with E-state index in [0.29, 0.717) is 36.0 Å². The van der Waals surface area contributed by atoms with Crippen molar-refractivity contribution in [3.8, 4) is 11.8 Å². The highest BCUT2D eigenvalue weighted by molar-refractivity contribution is 5.97. The number of nitrogens with zero attached hydrogens (tertiary/aromatic N) is 7. The lowest BCUT2D eigenvalue weighted by Crippen LogP contribution is -2.42. The number of pyridine rings is 1. The van der Waals surface area contributed by atoms with Gasteiger partial charge in [0.25, 0.3) is 5.91 Å². The van der Waals surface area contributed by atoms with Crippen LogP contribution in [0.15, 0.2) is 36.9 Å². The summed E-state index contributed by atoms with van der Waals surface area (Å²) in [7, 11) is 0. The van der Waals surface area contributed by atoms with Crippen molar-refractivity contribution in [1.29, 1.82) is 0 Å². The Balaban J connectivity index is 1.74. The molecular formula is C19H20F3N7O2. The topological polar surface area (TPSA) is 98.9 Å². The van der Waals surface area contributed by atoms with E-state index in [-0.39, 0.29) is 18.5 Å². The van der Waals surface area contributed by atoms with E-state index in [4.69, 9.17) is 4.74 Å². The zero-order valence-electron chi connectivity index (χ0n) is 17.0. The highest BCUT2D eigenvalue weighted by Crippen LogP contribution is 2.28. The van der Waals surface area contributed by atoms with Crippen molar-refractivity contribution < 1.29 is 22.7 Å². The Kier molecular flexibility index (Phi) is 6.47. The molecule has 9 nitrogen and oxygen atoms in total. The minimum Gasteiger partial charge on any atom is -0.461 e. The third-order valence-electron chi connectivity index (χ3n) is 4.40. The number of aryl methyl sites for hydroxylation is 1. The highest BCUT2D eigenvalue weighted by Gasteiger charge is 2.31. The molecule has 0 aliphatic heterocycles. The molecule has 0 saturated carbocycles. The Bertz CT molecular complexity index is 1020. The van der Waals surface area contributed by atoms with Gasteiger partial charge in [0.1, 0.15) is 6.61 Å². The molecule has 1 atom stereocenters. The first-order valence-electron chi connectivity index (χ1n) is 9.38. The fourth-order valence-corrected chi connectivity index (χ4v) is 2.82. The van der Waals surface area contributed by atoms with E-state index in [0.717, 1.165) is 0 Å². The van der Waals surface area contributed by atoms with E-state index >= 15 is 0 Å². The third kappa shape index (κ3) is 5.13. The van der Waals surface area contributed by atoms with Gasteiger partial charge in [-0.05, 0) is 32.9 Å². The van der Waals surface area contributed by atoms with Crippen molar-refractivity contribution in [2.24, 2.45) is 0 Å². The highest BCUT2D eigenvalue weighted by atomic mass is 19.4. The molecule has 0 N–H and O–H groups in total. The second-order valence-corrected chi connectivity index (χ2v) is 6.65. The van der Waals surface area contributed by atoms with E-state index in [1.54, 1.807) is 37.8 Å². The Morgan fingerprint density at radius 2 is 1.84 bits per heavy atom. The largest absolute Gasteiger partial charge is 0.461 e. The Labute approximate surface area is 175 Å². The first-order valence-corrected chi connectivity index (χ1v) is 9.38. The SMILES string of the molecule is CCN(C(=O)c1ccc(C)nc1-n1nccn1)[C@@H](C)COc1ncc(C(F)(F)F)cn1. The number of rotatable bonds is 7. The van der Waals surface area contributed by atoms with Crippen LogP contribution in [0.2, 0.25) is 0 Å². The number of hydrogen-bond acceptors (Lipinski definition) is 7. The molecule has 0 bridgehead atoms. The predicted octanol–water partition coefficient (Wildman–Crippen LogP) is 2.71. The van der Waals surface area contributed by atoms with Gasteiger partial charge < -0.3 is 9.64 Å². The number of hydrogen-bond donors (Lipinski definition) is 0. The maximum absolute atomic E-state index is 13.2. The lowest BCUT2D eigenvalue weighted by molar-refractivity contribution is -0.138. The summed E-state index contributed by atoms with van der Waals surface area (Å²) in [6, 6.07) is 2.73. The van der Waals surface area contributed by atoms with Crippen LogP contribution < -0.4 is 4.74 Å². The molecule has 1 amide bonds. The van der Waals surface area contributed by atoms with Gasteiger partial charge in [0.2, 0.25) is 0 Å². The van der Waals surface area contributed by atoms with E-state index in [9.17, 15) is 18.0 Å². The minimum atomic E-state index is -4.53. The molecule has 0 unspecified atom stereocenters. The number of carbonyl (C=O) groups excluding carboxylic acids is 1. The van der Waals surface area contributed by atoms with Crippen molar-refractivity contribution >= 4 is 5.91 Å². The number of amides is 1. The summed E-state index contributed by atoms with van der Waals surface area (Å²) in [5.74, 6) is -0.0145. The zero-order valence-corrected chi connectivity index (χ0v) is 17.0. The molecule has 3 aromatic heterocycles. The Hall–Kier alpha value is -3.57. The van der Waals surface area contributed by atoms with Crippen LogP contribution >= 0.6 is 0 Å². The van der Waals surface area contributed by atoms with Gasteiger partial charge in [-0.15, -0.1) is 4.80 Å². The summed E-state index contributed by atoms with van der Waals surface area (Å²) >= 11 is 0. The number of carbonyl (C=O) groups is 1. The summed E-state index contributed by atoms with van der Waals surface area (Å²) < 4.78 is 43.2. The average molecular weight is 435 g/mol. The van der Waals surface area contributed by atoms with E-state index in [2.05, 4.69) is 25.1 Å². The maximum atomic E-state index is 13.2. The smallest absolute Gasteiger partial charge is 0.419 e. The normalized spacial score (nSPS) is 12.5. The van der Waals surface area contributed by atoms with Gasteiger partial charge in [-0.1, -0.05) is 0 Å². The molecule has 12 heteroatoms. The standard InChI is InChI=1S/C19H20F3N7O2/c1-4-28(13(3)11-31-18-23-9-14(10-24-18)19(20,21)22)17(30)15-6-5-12(2)27-16(15)29-25-7-8-26-29/h5-10,13H,4,11H2,1-3H3/t13-/m0/s1.